The first-order valence-corrected chi connectivity index (χ1v) is 9.17. The van der Waals surface area contributed by atoms with Gasteiger partial charge in [0.1, 0.15) is 11.4 Å². The van der Waals surface area contributed by atoms with Gasteiger partial charge in [-0.05, 0) is 63.7 Å². The highest BCUT2D eigenvalue weighted by Crippen LogP contribution is 2.28. The Morgan fingerprint density at radius 2 is 1.88 bits per heavy atom. The molecule has 0 unspecified atom stereocenters. The Kier molecular flexibility index (Phi) is 5.89. The number of hydrogen-bond donors (Lipinski definition) is 0. The van der Waals surface area contributed by atoms with Crippen LogP contribution in [0.4, 0.5) is 8.78 Å². The predicted octanol–water partition coefficient (Wildman–Crippen LogP) is 3.45. The van der Waals surface area contributed by atoms with Crippen LogP contribution < -0.4 is 4.74 Å². The number of piperidine rings is 1. The van der Waals surface area contributed by atoms with Crippen molar-refractivity contribution in [1.29, 1.82) is 0 Å². The van der Waals surface area contributed by atoms with Crippen molar-refractivity contribution in [3.63, 3.8) is 0 Å². The summed E-state index contributed by atoms with van der Waals surface area (Å²) in [5, 5.41) is 0. The van der Waals surface area contributed by atoms with E-state index in [4.69, 9.17) is 4.74 Å². The van der Waals surface area contributed by atoms with Gasteiger partial charge in [0.05, 0.1) is 7.11 Å². The number of ether oxygens (including phenoxy) is 1. The third-order valence-electron chi connectivity index (χ3n) is 5.35. The van der Waals surface area contributed by atoms with Gasteiger partial charge in [0.2, 0.25) is 0 Å². The average Bonchev–Trinajstić information content (AvgIpc) is 3.14. The number of hydrogen-bond acceptors (Lipinski definition) is 3. The van der Waals surface area contributed by atoms with Crippen molar-refractivity contribution in [2.24, 2.45) is 0 Å². The Labute approximate surface area is 147 Å². The number of rotatable bonds is 5. The van der Waals surface area contributed by atoms with Crippen LogP contribution in [0.3, 0.4) is 0 Å². The van der Waals surface area contributed by atoms with Crippen LogP contribution in [0.1, 0.15) is 48.9 Å². The fraction of sp³-hybridized carbons (Fsp3) is 0.632. The zero-order valence-electron chi connectivity index (χ0n) is 14.8. The molecule has 2 heterocycles. The van der Waals surface area contributed by atoms with Crippen molar-refractivity contribution < 1.29 is 18.3 Å². The number of carbonyl (C=O) groups excluding carboxylic acids is 1. The van der Waals surface area contributed by atoms with Gasteiger partial charge in [-0.15, -0.1) is 0 Å². The minimum absolute atomic E-state index is 0.0480. The fourth-order valence-corrected chi connectivity index (χ4v) is 3.94. The summed E-state index contributed by atoms with van der Waals surface area (Å²) in [6.45, 7) is 3.72. The van der Waals surface area contributed by atoms with Crippen molar-refractivity contribution in [3.05, 3.63) is 29.3 Å². The lowest BCUT2D eigenvalue weighted by Crippen LogP contribution is -2.45. The minimum atomic E-state index is -0.906. The van der Waals surface area contributed by atoms with E-state index < -0.39 is 23.1 Å². The zero-order chi connectivity index (χ0) is 17.8. The van der Waals surface area contributed by atoms with E-state index in [-0.39, 0.29) is 11.8 Å². The molecule has 2 fully saturated rings. The van der Waals surface area contributed by atoms with Gasteiger partial charge in [0, 0.05) is 19.1 Å². The molecule has 4 nitrogen and oxygen atoms in total. The first kappa shape index (κ1) is 18.1. The molecule has 138 valence electrons. The molecule has 0 spiro atoms. The molecule has 0 saturated carbocycles. The largest absolute Gasteiger partial charge is 0.494 e. The lowest BCUT2D eigenvalue weighted by molar-refractivity contribution is 0.0577. The number of benzene rings is 1. The second-order valence-electron chi connectivity index (χ2n) is 6.92. The summed E-state index contributed by atoms with van der Waals surface area (Å²) in [6, 6.07) is 2.35. The third kappa shape index (κ3) is 3.94. The molecule has 25 heavy (non-hydrogen) atoms. The smallest absolute Gasteiger partial charge is 0.260 e. The van der Waals surface area contributed by atoms with E-state index in [0.717, 1.165) is 51.4 Å². The number of carbonyl (C=O) groups is 1. The highest BCUT2D eigenvalue weighted by atomic mass is 19.1. The monoisotopic (exact) mass is 352 g/mol. The van der Waals surface area contributed by atoms with E-state index in [1.54, 1.807) is 4.90 Å². The lowest BCUT2D eigenvalue weighted by Gasteiger charge is -2.37. The van der Waals surface area contributed by atoms with Crippen molar-refractivity contribution in [3.8, 4) is 5.75 Å². The summed E-state index contributed by atoms with van der Waals surface area (Å²) in [5.74, 6) is -2.39. The van der Waals surface area contributed by atoms with Crippen molar-refractivity contribution >= 4 is 5.91 Å². The zero-order valence-corrected chi connectivity index (χ0v) is 14.8. The van der Waals surface area contributed by atoms with Crippen molar-refractivity contribution in [1.82, 2.24) is 9.80 Å². The van der Waals surface area contributed by atoms with E-state index in [0.29, 0.717) is 6.54 Å². The number of amides is 1. The van der Waals surface area contributed by atoms with E-state index in [9.17, 15) is 13.6 Å². The molecule has 0 aromatic heterocycles. The fourth-order valence-electron chi connectivity index (χ4n) is 3.94. The van der Waals surface area contributed by atoms with Gasteiger partial charge in [-0.25, -0.2) is 8.78 Å². The minimum Gasteiger partial charge on any atom is -0.494 e. The molecule has 0 radical (unpaired) electrons. The van der Waals surface area contributed by atoms with Crippen LogP contribution in [0.2, 0.25) is 0 Å². The van der Waals surface area contributed by atoms with Gasteiger partial charge in [-0.3, -0.25) is 4.79 Å². The van der Waals surface area contributed by atoms with Crippen LogP contribution in [0.25, 0.3) is 0 Å². The standard InChI is InChI=1S/C19H26F2N2O2/c1-25-16-8-7-15(20)17(18(16)21)19(24)23-12-3-2-6-14(23)9-13-22-10-4-5-11-22/h7-8,14H,2-6,9-13H2,1H3/t14-/m1/s1. The predicted molar refractivity (Wildman–Crippen MR) is 91.9 cm³/mol. The summed E-state index contributed by atoms with van der Waals surface area (Å²) >= 11 is 0. The van der Waals surface area contributed by atoms with Crippen LogP contribution in [0.15, 0.2) is 12.1 Å². The molecule has 2 saturated heterocycles. The third-order valence-corrected chi connectivity index (χ3v) is 5.35. The van der Waals surface area contributed by atoms with Crippen molar-refractivity contribution in [2.45, 2.75) is 44.6 Å². The Morgan fingerprint density at radius 3 is 2.60 bits per heavy atom. The molecule has 2 aliphatic heterocycles. The molecule has 1 aromatic rings. The van der Waals surface area contributed by atoms with Crippen LogP contribution in [-0.2, 0) is 0 Å². The maximum Gasteiger partial charge on any atom is 0.260 e. The van der Waals surface area contributed by atoms with Gasteiger partial charge >= 0.3 is 0 Å². The molecule has 0 aliphatic carbocycles. The van der Waals surface area contributed by atoms with E-state index in [2.05, 4.69) is 4.90 Å². The van der Waals surface area contributed by atoms with E-state index >= 15 is 0 Å². The molecular formula is C19H26F2N2O2. The van der Waals surface area contributed by atoms with E-state index in [1.807, 2.05) is 0 Å². The summed E-state index contributed by atoms with van der Waals surface area (Å²) in [7, 11) is 1.31. The Hall–Kier alpha value is -1.69. The average molecular weight is 352 g/mol. The van der Waals surface area contributed by atoms with Gasteiger partial charge in [0.15, 0.2) is 11.6 Å². The molecule has 0 N–H and O–H groups in total. The van der Waals surface area contributed by atoms with Crippen LogP contribution in [-0.4, -0.2) is 55.0 Å². The summed E-state index contributed by atoms with van der Waals surface area (Å²) in [5.41, 5.74) is -0.493. The van der Waals surface area contributed by atoms with Crippen LogP contribution >= 0.6 is 0 Å². The second-order valence-corrected chi connectivity index (χ2v) is 6.92. The Balaban J connectivity index is 1.76. The quantitative estimate of drug-likeness (QED) is 0.814. The van der Waals surface area contributed by atoms with Gasteiger partial charge < -0.3 is 14.5 Å². The van der Waals surface area contributed by atoms with Crippen LogP contribution in [0.5, 0.6) is 5.75 Å². The molecule has 0 bridgehead atoms. The Bertz CT molecular complexity index is 618. The highest BCUT2D eigenvalue weighted by Gasteiger charge is 2.32. The maximum absolute atomic E-state index is 14.5. The maximum atomic E-state index is 14.5. The van der Waals surface area contributed by atoms with Crippen LogP contribution in [0, 0.1) is 11.6 Å². The number of likely N-dealkylation sites (tertiary alicyclic amines) is 2. The molecule has 1 amide bonds. The molecule has 1 aromatic carbocycles. The lowest BCUT2D eigenvalue weighted by atomic mass is 9.97. The van der Waals surface area contributed by atoms with Crippen molar-refractivity contribution in [2.75, 3.05) is 33.3 Å². The van der Waals surface area contributed by atoms with Gasteiger partial charge in [0.25, 0.3) is 5.91 Å². The topological polar surface area (TPSA) is 32.8 Å². The molecular weight excluding hydrogens is 326 g/mol. The number of methoxy groups -OCH3 is 1. The number of nitrogens with zero attached hydrogens (tertiary/aromatic N) is 2. The summed E-state index contributed by atoms with van der Waals surface area (Å²) in [4.78, 5) is 17.0. The summed E-state index contributed by atoms with van der Waals surface area (Å²) < 4.78 is 33.6. The highest BCUT2D eigenvalue weighted by molar-refractivity contribution is 5.95. The summed E-state index contributed by atoms with van der Waals surface area (Å²) in [6.07, 6.45) is 6.14. The molecule has 2 aliphatic rings. The van der Waals surface area contributed by atoms with Gasteiger partial charge in [-0.2, -0.15) is 0 Å². The molecule has 6 heteroatoms. The first-order chi connectivity index (χ1) is 12.1. The van der Waals surface area contributed by atoms with E-state index in [1.165, 1.54) is 26.0 Å². The Morgan fingerprint density at radius 1 is 1.16 bits per heavy atom. The molecule has 3 rings (SSSR count). The second kappa shape index (κ2) is 8.13. The normalized spacial score (nSPS) is 21.6. The van der Waals surface area contributed by atoms with Gasteiger partial charge in [-0.1, -0.05) is 0 Å². The molecule has 1 atom stereocenters. The number of halogens is 2. The SMILES string of the molecule is COc1ccc(F)c(C(=O)N2CCCC[C@@H]2CCN2CCCC2)c1F. The first-order valence-electron chi connectivity index (χ1n) is 9.17.